The third kappa shape index (κ3) is 24.1. The van der Waals surface area contributed by atoms with E-state index in [2.05, 4.69) is 12.2 Å². The number of carboxylic acids is 1. The number of carboxylic acid groups (broad SMARTS) is 1. The van der Waals surface area contributed by atoms with Crippen molar-refractivity contribution in [3.63, 3.8) is 0 Å². The van der Waals surface area contributed by atoms with Gasteiger partial charge in [-0.2, -0.15) is 8.42 Å². The third-order valence-electron chi connectivity index (χ3n) is 6.73. The van der Waals surface area contributed by atoms with Crippen LogP contribution in [0.15, 0.2) is 0 Å². The zero-order valence-corrected chi connectivity index (χ0v) is 26.5. The van der Waals surface area contributed by atoms with Gasteiger partial charge in [0.25, 0.3) is 10.1 Å². The van der Waals surface area contributed by atoms with Crippen LogP contribution in [0.25, 0.3) is 0 Å². The van der Waals surface area contributed by atoms with Crippen LogP contribution in [0.3, 0.4) is 0 Å². The largest absolute Gasteiger partial charge is 0.480 e. The van der Waals surface area contributed by atoms with Crippen LogP contribution in [0.4, 0.5) is 4.79 Å². The van der Waals surface area contributed by atoms with Crippen molar-refractivity contribution in [2.45, 2.75) is 149 Å². The first kappa shape index (κ1) is 40.4. The minimum atomic E-state index is -3.75. The highest BCUT2D eigenvalue weighted by Crippen LogP contribution is 2.18. The minimum absolute atomic E-state index is 0.149. The molecular weight excluding hydrogens is 534 g/mol. The molecule has 0 atom stereocenters. The van der Waals surface area contributed by atoms with Gasteiger partial charge in [0, 0.05) is 6.42 Å². The van der Waals surface area contributed by atoms with Crippen LogP contribution < -0.4 is 11.1 Å². The van der Waals surface area contributed by atoms with Gasteiger partial charge in [-0.1, -0.05) is 104 Å². The Morgan fingerprint density at radius 1 is 0.725 bits per heavy atom. The monoisotopic (exact) mass is 593 g/mol. The van der Waals surface area contributed by atoms with Gasteiger partial charge in [0.15, 0.2) is 0 Å². The average Bonchev–Trinajstić information content (AvgIpc) is 2.85. The zero-order valence-electron chi connectivity index (χ0n) is 25.7. The second kappa shape index (κ2) is 25.0. The first-order chi connectivity index (χ1) is 18.8. The lowest BCUT2D eigenvalue weighted by atomic mass is 10.0. The van der Waals surface area contributed by atoms with Gasteiger partial charge in [-0.3, -0.25) is 9.35 Å². The van der Waals surface area contributed by atoms with Crippen LogP contribution >= 0.6 is 0 Å². The van der Waals surface area contributed by atoms with Crippen LogP contribution in [0.2, 0.25) is 0 Å². The van der Waals surface area contributed by atoms with E-state index in [0.717, 1.165) is 32.2 Å². The van der Waals surface area contributed by atoms with Crippen molar-refractivity contribution < 1.29 is 32.5 Å². The van der Waals surface area contributed by atoms with Crippen molar-refractivity contribution in [3.05, 3.63) is 0 Å². The van der Waals surface area contributed by atoms with Gasteiger partial charge in [0.05, 0.1) is 5.75 Å². The summed E-state index contributed by atoms with van der Waals surface area (Å²) in [5, 5.41) is 12.2. The Morgan fingerprint density at radius 3 is 1.50 bits per heavy atom. The van der Waals surface area contributed by atoms with E-state index < -0.39 is 33.6 Å². The number of nitrogens with one attached hydrogen (secondary N) is 1. The van der Waals surface area contributed by atoms with Crippen molar-refractivity contribution in [2.24, 2.45) is 5.73 Å². The second-order valence-corrected chi connectivity index (χ2v) is 12.6. The van der Waals surface area contributed by atoms with Crippen molar-refractivity contribution in [1.82, 2.24) is 10.2 Å². The molecule has 5 N–H and O–H groups in total. The van der Waals surface area contributed by atoms with E-state index in [1.54, 1.807) is 0 Å². The summed E-state index contributed by atoms with van der Waals surface area (Å²) in [7, 11) is -3.75. The number of hydrogen-bond donors (Lipinski definition) is 4. The molecular formula is C29H59N3O7S. The van der Waals surface area contributed by atoms with E-state index in [9.17, 15) is 27.9 Å². The molecule has 0 saturated carbocycles. The standard InChI is InChI=1S/C23H44N2O4.C6H15NO3S/c1-4-5-6-7-8-9-10-11-12-13-14-15-16-17-18-19-20(26)25(22(24)29)23(2,3)21(27)28;1-2-4-7-5-3-6-11(8,9)10/h4-19H2,1-3H3,(H2,24,29)(H,27,28);7H,2-6H2,1H3,(H,8,9,10). The van der Waals surface area contributed by atoms with Crippen LogP contribution in [-0.4, -0.2) is 65.3 Å². The molecule has 0 spiro atoms. The first-order valence-corrected chi connectivity index (χ1v) is 16.9. The zero-order chi connectivity index (χ0) is 30.9. The van der Waals surface area contributed by atoms with Crippen molar-refractivity contribution in [2.75, 3.05) is 18.8 Å². The molecule has 0 saturated heterocycles. The highest BCUT2D eigenvalue weighted by Gasteiger charge is 2.40. The van der Waals surface area contributed by atoms with Gasteiger partial charge in [-0.15, -0.1) is 0 Å². The van der Waals surface area contributed by atoms with E-state index in [0.29, 0.717) is 24.3 Å². The summed E-state index contributed by atoms with van der Waals surface area (Å²) in [4.78, 5) is 35.7. The van der Waals surface area contributed by atoms with E-state index in [1.807, 2.05) is 6.92 Å². The predicted octanol–water partition coefficient (Wildman–Crippen LogP) is 6.28. The number of nitrogens with two attached hydrogens (primary N) is 1. The van der Waals surface area contributed by atoms with Gasteiger partial charge in [-0.05, 0) is 46.2 Å². The molecule has 0 aromatic carbocycles. The summed E-state index contributed by atoms with van der Waals surface area (Å²) < 4.78 is 28.7. The molecule has 0 fully saturated rings. The molecule has 0 aromatic heterocycles. The number of imide groups is 1. The molecule has 11 heteroatoms. The highest BCUT2D eigenvalue weighted by atomic mass is 32.2. The number of aliphatic carboxylic acids is 1. The fraction of sp³-hybridized carbons (Fsp3) is 0.897. The lowest BCUT2D eigenvalue weighted by Gasteiger charge is -2.31. The highest BCUT2D eigenvalue weighted by molar-refractivity contribution is 7.85. The lowest BCUT2D eigenvalue weighted by molar-refractivity contribution is -0.153. The number of unbranched alkanes of at least 4 members (excludes halogenated alkanes) is 14. The Bertz CT molecular complexity index is 774. The summed E-state index contributed by atoms with van der Waals surface area (Å²) in [6.07, 6.45) is 20.2. The summed E-state index contributed by atoms with van der Waals surface area (Å²) in [6, 6.07) is -1.01. The summed E-state index contributed by atoms with van der Waals surface area (Å²) in [5.74, 6) is -1.91. The van der Waals surface area contributed by atoms with Crippen molar-refractivity contribution in [1.29, 1.82) is 0 Å². The molecule has 0 aliphatic heterocycles. The Balaban J connectivity index is 0. The first-order valence-electron chi connectivity index (χ1n) is 15.3. The number of amides is 3. The topological polar surface area (TPSA) is 167 Å². The minimum Gasteiger partial charge on any atom is -0.480 e. The fourth-order valence-electron chi connectivity index (χ4n) is 4.25. The SMILES string of the molecule is CCCCCCCCCCCCCCCCCC(=O)N(C(N)=O)C(C)(C)C(=O)O.CCCNCCCS(=O)(=O)O. The smallest absolute Gasteiger partial charge is 0.329 e. The summed E-state index contributed by atoms with van der Waals surface area (Å²) >= 11 is 0. The van der Waals surface area contributed by atoms with Crippen LogP contribution in [0.1, 0.15) is 143 Å². The molecule has 0 aromatic rings. The molecule has 0 aliphatic rings. The Morgan fingerprint density at radius 2 is 1.15 bits per heavy atom. The molecule has 0 aliphatic carbocycles. The maximum Gasteiger partial charge on any atom is 0.329 e. The number of hydrogen-bond acceptors (Lipinski definition) is 6. The molecule has 0 heterocycles. The normalized spacial score (nSPS) is 11.5. The molecule has 0 bridgehead atoms. The van der Waals surface area contributed by atoms with E-state index in [-0.39, 0.29) is 12.2 Å². The second-order valence-electron chi connectivity index (χ2n) is 11.0. The van der Waals surface area contributed by atoms with Crippen LogP contribution in [0.5, 0.6) is 0 Å². The Labute approximate surface area is 244 Å². The average molecular weight is 594 g/mol. The van der Waals surface area contributed by atoms with Crippen molar-refractivity contribution in [3.8, 4) is 0 Å². The predicted molar refractivity (Wildman–Crippen MR) is 162 cm³/mol. The molecule has 0 rings (SSSR count). The number of rotatable bonds is 24. The van der Waals surface area contributed by atoms with Crippen LogP contribution in [-0.2, 0) is 19.7 Å². The Hall–Kier alpha value is -1.72. The summed E-state index contributed by atoms with van der Waals surface area (Å²) in [6.45, 7) is 8.45. The van der Waals surface area contributed by atoms with Gasteiger partial charge >= 0.3 is 12.0 Å². The number of primary amides is 1. The molecule has 238 valence electrons. The van der Waals surface area contributed by atoms with Gasteiger partial charge in [-0.25, -0.2) is 14.5 Å². The lowest BCUT2D eigenvalue weighted by Crippen LogP contribution is -2.57. The Kier molecular flexibility index (Phi) is 25.3. The van der Waals surface area contributed by atoms with E-state index in [4.69, 9.17) is 10.3 Å². The van der Waals surface area contributed by atoms with Gasteiger partial charge < -0.3 is 16.2 Å². The maximum atomic E-state index is 12.2. The molecule has 10 nitrogen and oxygen atoms in total. The van der Waals surface area contributed by atoms with Crippen LogP contribution in [0, 0.1) is 0 Å². The molecule has 0 unspecified atom stereocenters. The number of carbonyl (C=O) groups excluding carboxylic acids is 2. The number of carbonyl (C=O) groups is 3. The van der Waals surface area contributed by atoms with Gasteiger partial charge in [0.1, 0.15) is 5.54 Å². The summed E-state index contributed by atoms with van der Waals surface area (Å²) in [5.41, 5.74) is 3.59. The molecule has 40 heavy (non-hydrogen) atoms. The quantitative estimate of drug-likeness (QED) is 0.0749. The number of nitrogens with zero attached hydrogens (tertiary/aromatic N) is 1. The van der Waals surface area contributed by atoms with Crippen molar-refractivity contribution >= 4 is 28.0 Å². The third-order valence-corrected chi connectivity index (χ3v) is 7.53. The molecule has 0 radical (unpaired) electrons. The number of urea groups is 1. The fourth-order valence-corrected chi connectivity index (χ4v) is 4.76. The van der Waals surface area contributed by atoms with Gasteiger partial charge in [0.2, 0.25) is 5.91 Å². The van der Waals surface area contributed by atoms with E-state index >= 15 is 0 Å². The van der Waals surface area contributed by atoms with E-state index in [1.165, 1.54) is 84.5 Å². The maximum absolute atomic E-state index is 12.2. The molecule has 3 amide bonds.